The minimum absolute atomic E-state index is 0.186. The molecule has 1 saturated heterocycles. The molecular weight excluding hydrogens is 404 g/mol. The molecule has 9 heteroatoms. The first-order chi connectivity index (χ1) is 14.6. The average molecular weight is 422 g/mol. The summed E-state index contributed by atoms with van der Waals surface area (Å²) >= 11 is 0. The van der Waals surface area contributed by atoms with E-state index < -0.39 is 10.0 Å². The number of hydrogen-bond acceptors (Lipinski definition) is 7. The predicted molar refractivity (Wildman–Crippen MR) is 110 cm³/mol. The molecule has 0 unspecified atom stereocenters. The van der Waals surface area contributed by atoms with Gasteiger partial charge in [-0.3, -0.25) is 0 Å². The summed E-state index contributed by atoms with van der Waals surface area (Å²) in [7, 11) is -3.61. The van der Waals surface area contributed by atoms with Gasteiger partial charge in [-0.25, -0.2) is 13.4 Å². The molecule has 0 aliphatic carbocycles. The van der Waals surface area contributed by atoms with Crippen LogP contribution in [-0.2, 0) is 14.8 Å². The molecule has 5 rings (SSSR count). The second-order valence-corrected chi connectivity index (χ2v) is 8.78. The Morgan fingerprint density at radius 1 is 0.867 bits per heavy atom. The van der Waals surface area contributed by atoms with Gasteiger partial charge in [0.05, 0.1) is 23.6 Å². The van der Waals surface area contributed by atoms with Crippen LogP contribution in [0.5, 0.6) is 0 Å². The van der Waals surface area contributed by atoms with Gasteiger partial charge >= 0.3 is 0 Å². The van der Waals surface area contributed by atoms with Crippen LogP contribution in [-0.4, -0.2) is 54.2 Å². The molecule has 2 aromatic carbocycles. The summed E-state index contributed by atoms with van der Waals surface area (Å²) in [4.78, 5) is 4.75. The van der Waals surface area contributed by atoms with E-state index >= 15 is 0 Å². The average Bonchev–Trinajstić information content (AvgIpc) is 3.30. The van der Waals surface area contributed by atoms with E-state index in [1.165, 1.54) is 4.31 Å². The maximum absolute atomic E-state index is 12.9. The zero-order chi connectivity index (χ0) is 20.6. The number of benzene rings is 2. The van der Waals surface area contributed by atoms with Gasteiger partial charge < -0.3 is 9.15 Å². The molecule has 0 amide bonds. The van der Waals surface area contributed by atoms with Crippen molar-refractivity contribution in [3.05, 3.63) is 60.7 Å². The topological polar surface area (TPSA) is 98.4 Å². The summed E-state index contributed by atoms with van der Waals surface area (Å²) in [5, 5.41) is 9.20. The van der Waals surface area contributed by atoms with E-state index in [-0.39, 0.29) is 16.7 Å². The fraction of sp³-hybridized carbons (Fsp3) is 0.190. The smallest absolute Gasteiger partial charge is 0.266 e. The quantitative estimate of drug-likeness (QED) is 0.499. The lowest BCUT2D eigenvalue weighted by molar-refractivity contribution is 0.0730. The number of nitrogens with zero attached hydrogens (tertiary/aromatic N) is 4. The van der Waals surface area contributed by atoms with Gasteiger partial charge in [0.2, 0.25) is 15.9 Å². The molecule has 2 aromatic heterocycles. The molecule has 0 radical (unpaired) electrons. The Hall–Kier alpha value is -3.14. The maximum atomic E-state index is 12.9. The highest BCUT2D eigenvalue weighted by atomic mass is 32.2. The third-order valence-corrected chi connectivity index (χ3v) is 6.83. The van der Waals surface area contributed by atoms with Crippen LogP contribution in [0.25, 0.3) is 33.9 Å². The molecule has 1 fully saturated rings. The summed E-state index contributed by atoms with van der Waals surface area (Å²) in [5.41, 5.74) is 1.92. The van der Waals surface area contributed by atoms with Crippen molar-refractivity contribution in [2.24, 2.45) is 0 Å². The zero-order valence-corrected chi connectivity index (χ0v) is 16.7. The normalized spacial score (nSPS) is 15.5. The molecule has 4 aromatic rings. The summed E-state index contributed by atoms with van der Waals surface area (Å²) in [6, 6.07) is 18.0. The fourth-order valence-electron chi connectivity index (χ4n) is 3.35. The first-order valence-electron chi connectivity index (χ1n) is 9.49. The molecule has 0 saturated carbocycles. The molecule has 0 N–H and O–H groups in total. The van der Waals surface area contributed by atoms with Gasteiger partial charge in [-0.2, -0.15) is 4.31 Å². The molecule has 1 aliphatic heterocycles. The van der Waals surface area contributed by atoms with Crippen LogP contribution in [0.3, 0.4) is 0 Å². The number of pyridine rings is 1. The SMILES string of the molecule is O=S(=O)(c1cccc(-c2nnc(-c3ccc4ccccc4n3)o2)c1)N1CCOCC1. The van der Waals surface area contributed by atoms with Crippen LogP contribution in [0, 0.1) is 0 Å². The Labute approximate surface area is 173 Å². The molecule has 3 heterocycles. The van der Waals surface area contributed by atoms with Gasteiger partial charge in [-0.15, -0.1) is 10.2 Å². The molecule has 30 heavy (non-hydrogen) atoms. The van der Waals surface area contributed by atoms with Gasteiger partial charge in [0.15, 0.2) is 0 Å². The van der Waals surface area contributed by atoms with Crippen LogP contribution in [0.15, 0.2) is 70.0 Å². The number of hydrogen-bond donors (Lipinski definition) is 0. The van der Waals surface area contributed by atoms with Crippen molar-refractivity contribution < 1.29 is 17.6 Å². The number of para-hydroxylation sites is 1. The summed E-state index contributed by atoms with van der Waals surface area (Å²) in [5.74, 6) is 0.510. The van der Waals surface area contributed by atoms with Crippen molar-refractivity contribution in [1.29, 1.82) is 0 Å². The monoisotopic (exact) mass is 422 g/mol. The first kappa shape index (κ1) is 18.9. The lowest BCUT2D eigenvalue weighted by Crippen LogP contribution is -2.40. The number of morpholine rings is 1. The second kappa shape index (κ2) is 7.60. The van der Waals surface area contributed by atoms with E-state index in [0.29, 0.717) is 37.6 Å². The van der Waals surface area contributed by atoms with Crippen molar-refractivity contribution in [3.8, 4) is 23.0 Å². The zero-order valence-electron chi connectivity index (χ0n) is 15.9. The molecule has 0 spiro atoms. The van der Waals surface area contributed by atoms with Crippen LogP contribution in [0.1, 0.15) is 0 Å². The van der Waals surface area contributed by atoms with E-state index in [0.717, 1.165) is 10.9 Å². The minimum atomic E-state index is -3.61. The molecule has 8 nitrogen and oxygen atoms in total. The summed E-state index contributed by atoms with van der Waals surface area (Å²) < 4.78 is 38.3. The lowest BCUT2D eigenvalue weighted by Gasteiger charge is -2.26. The Morgan fingerprint density at radius 3 is 2.53 bits per heavy atom. The number of sulfonamides is 1. The Morgan fingerprint density at radius 2 is 1.67 bits per heavy atom. The van der Waals surface area contributed by atoms with Crippen molar-refractivity contribution in [2.45, 2.75) is 4.90 Å². The Bertz CT molecular complexity index is 1310. The van der Waals surface area contributed by atoms with Gasteiger partial charge in [-0.05, 0) is 30.3 Å². The van der Waals surface area contributed by atoms with Crippen molar-refractivity contribution in [1.82, 2.24) is 19.5 Å². The number of rotatable bonds is 4. The van der Waals surface area contributed by atoms with Crippen LogP contribution >= 0.6 is 0 Å². The van der Waals surface area contributed by atoms with Crippen LogP contribution in [0.4, 0.5) is 0 Å². The van der Waals surface area contributed by atoms with Gasteiger partial charge in [0.1, 0.15) is 5.69 Å². The lowest BCUT2D eigenvalue weighted by atomic mass is 10.2. The summed E-state index contributed by atoms with van der Waals surface area (Å²) in [6.45, 7) is 1.46. The standard InChI is InChI=1S/C21H18N4O4S/c26-30(27,25-10-12-28-13-11-25)17-6-3-5-16(14-17)20-23-24-21(29-20)19-9-8-15-4-1-2-7-18(15)22-19/h1-9,14H,10-13H2. The highest BCUT2D eigenvalue weighted by Gasteiger charge is 2.27. The predicted octanol–water partition coefficient (Wildman–Crippen LogP) is 2.97. The van der Waals surface area contributed by atoms with E-state index in [9.17, 15) is 8.42 Å². The largest absolute Gasteiger partial charge is 0.415 e. The highest BCUT2D eigenvalue weighted by Crippen LogP contribution is 2.27. The van der Waals surface area contributed by atoms with Crippen LogP contribution in [0.2, 0.25) is 0 Å². The van der Waals surface area contributed by atoms with E-state index in [2.05, 4.69) is 15.2 Å². The minimum Gasteiger partial charge on any atom is -0.415 e. The molecule has 152 valence electrons. The number of fused-ring (bicyclic) bond motifs is 1. The second-order valence-electron chi connectivity index (χ2n) is 6.85. The summed E-state index contributed by atoms with van der Waals surface area (Å²) in [6.07, 6.45) is 0. The van der Waals surface area contributed by atoms with E-state index in [1.807, 2.05) is 36.4 Å². The maximum Gasteiger partial charge on any atom is 0.266 e. The van der Waals surface area contributed by atoms with Crippen molar-refractivity contribution in [3.63, 3.8) is 0 Å². The van der Waals surface area contributed by atoms with Crippen molar-refractivity contribution >= 4 is 20.9 Å². The fourth-order valence-corrected chi connectivity index (χ4v) is 4.81. The molecular formula is C21H18N4O4S. The first-order valence-corrected chi connectivity index (χ1v) is 10.9. The number of aromatic nitrogens is 3. The van der Waals surface area contributed by atoms with Gasteiger partial charge in [-0.1, -0.05) is 30.3 Å². The van der Waals surface area contributed by atoms with Gasteiger partial charge in [0, 0.05) is 24.0 Å². The molecule has 0 bridgehead atoms. The third kappa shape index (κ3) is 3.47. The van der Waals surface area contributed by atoms with Crippen molar-refractivity contribution in [2.75, 3.05) is 26.3 Å². The molecule has 0 atom stereocenters. The number of ether oxygens (including phenoxy) is 1. The van der Waals surface area contributed by atoms with Crippen LogP contribution < -0.4 is 0 Å². The highest BCUT2D eigenvalue weighted by molar-refractivity contribution is 7.89. The van der Waals surface area contributed by atoms with Gasteiger partial charge in [0.25, 0.3) is 5.89 Å². The third-order valence-electron chi connectivity index (χ3n) is 4.93. The van der Waals surface area contributed by atoms with E-state index in [4.69, 9.17) is 9.15 Å². The Balaban J connectivity index is 1.47. The van der Waals surface area contributed by atoms with E-state index in [1.54, 1.807) is 24.3 Å². The Kier molecular flexibility index (Phi) is 4.78. The molecule has 1 aliphatic rings.